The molecule has 0 bridgehead atoms. The van der Waals surface area contributed by atoms with Gasteiger partial charge in [-0.25, -0.2) is 17.2 Å². The van der Waals surface area contributed by atoms with Gasteiger partial charge in [-0.1, -0.05) is 0 Å². The van der Waals surface area contributed by atoms with Crippen molar-refractivity contribution in [1.82, 2.24) is 14.8 Å². The Bertz CT molecular complexity index is 852. The molecule has 0 N–H and O–H groups in total. The molecule has 0 fully saturated rings. The molecule has 21 heavy (non-hydrogen) atoms. The molecule has 0 unspecified atom stereocenters. The van der Waals surface area contributed by atoms with Gasteiger partial charge < -0.3 is 0 Å². The summed E-state index contributed by atoms with van der Waals surface area (Å²) in [5.74, 6) is -3.12. The molecule has 0 aliphatic carbocycles. The first-order valence-electron chi connectivity index (χ1n) is 5.10. The van der Waals surface area contributed by atoms with Gasteiger partial charge in [0.25, 0.3) is 19.9 Å². The van der Waals surface area contributed by atoms with E-state index in [4.69, 9.17) is 10.7 Å². The van der Waals surface area contributed by atoms with Crippen LogP contribution in [0.25, 0.3) is 11.4 Å². The van der Waals surface area contributed by atoms with Crippen LogP contribution in [0.2, 0.25) is 0 Å². The molecule has 0 amide bonds. The normalized spacial score (nSPS) is 11.6. The maximum absolute atomic E-state index is 13.3. The van der Waals surface area contributed by atoms with Crippen molar-refractivity contribution < 1.29 is 22.1 Å². The van der Waals surface area contributed by atoms with E-state index in [0.717, 1.165) is 11.6 Å². The second-order valence-corrected chi connectivity index (χ2v) is 6.30. The number of rotatable bonds is 3. The lowest BCUT2D eigenvalue weighted by Crippen LogP contribution is -2.04. The van der Waals surface area contributed by atoms with E-state index in [2.05, 4.69) is 10.2 Å². The first-order valence-corrected chi connectivity index (χ1v) is 7.41. The summed E-state index contributed by atoms with van der Waals surface area (Å²) in [6.07, 6.45) is 0. The van der Waals surface area contributed by atoms with Crippen LogP contribution in [0.5, 0.6) is 0 Å². The summed E-state index contributed by atoms with van der Waals surface area (Å²) in [5, 5.41) is 16.9. The van der Waals surface area contributed by atoms with E-state index in [1.807, 2.05) is 0 Å². The van der Waals surface area contributed by atoms with Crippen LogP contribution in [0.4, 0.5) is 14.5 Å². The van der Waals surface area contributed by atoms with Crippen LogP contribution in [0.1, 0.15) is 0 Å². The monoisotopic (exact) mass is 338 g/mol. The second kappa shape index (κ2) is 5.00. The SMILES string of the molecule is Cn1c(-c2cc(F)c(F)cc2[N+](=O)[O-])nnc1S(=O)(=O)Cl. The molecule has 0 aliphatic heterocycles. The number of nitro benzene ring substituents is 1. The lowest BCUT2D eigenvalue weighted by atomic mass is 10.1. The van der Waals surface area contributed by atoms with Crippen LogP contribution in [0.15, 0.2) is 17.3 Å². The molecule has 12 heteroatoms. The highest BCUT2D eigenvalue weighted by Gasteiger charge is 2.27. The predicted octanol–water partition coefficient (Wildman–Crippen LogP) is 1.60. The Morgan fingerprint density at radius 2 is 1.86 bits per heavy atom. The van der Waals surface area contributed by atoms with E-state index in [1.54, 1.807) is 0 Å². The van der Waals surface area contributed by atoms with Gasteiger partial charge in [0.15, 0.2) is 17.5 Å². The summed E-state index contributed by atoms with van der Waals surface area (Å²) in [7, 11) is 2.02. The van der Waals surface area contributed by atoms with Crippen molar-refractivity contribution in [3.63, 3.8) is 0 Å². The minimum absolute atomic E-state index is 0.347. The minimum Gasteiger partial charge on any atom is -0.300 e. The molecule has 0 radical (unpaired) electrons. The summed E-state index contributed by atoms with van der Waals surface area (Å²) in [6.45, 7) is 0. The predicted molar refractivity (Wildman–Crippen MR) is 66.0 cm³/mol. The standard InChI is InChI=1S/C9H5ClF2N4O4S/c1-15-8(13-14-9(15)21(10,19)20)4-2-5(11)6(12)3-7(4)16(17)18/h2-3H,1H3. The number of nitro groups is 1. The molecule has 0 aliphatic rings. The molecule has 0 saturated heterocycles. The molecule has 1 aromatic carbocycles. The summed E-state index contributed by atoms with van der Waals surface area (Å²) < 4.78 is 49.6. The van der Waals surface area contributed by atoms with Gasteiger partial charge in [-0.3, -0.25) is 14.7 Å². The fraction of sp³-hybridized carbons (Fsp3) is 0.111. The summed E-state index contributed by atoms with van der Waals surface area (Å²) in [5.41, 5.74) is -1.22. The number of nitrogens with zero attached hydrogens (tertiary/aromatic N) is 4. The topological polar surface area (TPSA) is 108 Å². The third-order valence-electron chi connectivity index (χ3n) is 2.53. The molecule has 2 aromatic rings. The quantitative estimate of drug-likeness (QED) is 0.478. The van der Waals surface area contributed by atoms with Gasteiger partial charge in [-0.2, -0.15) is 0 Å². The fourth-order valence-corrected chi connectivity index (χ4v) is 2.58. The Morgan fingerprint density at radius 3 is 2.33 bits per heavy atom. The zero-order chi connectivity index (χ0) is 15.9. The fourth-order valence-electron chi connectivity index (χ4n) is 1.63. The molecule has 0 atom stereocenters. The number of benzene rings is 1. The van der Waals surface area contributed by atoms with E-state index >= 15 is 0 Å². The molecule has 8 nitrogen and oxygen atoms in total. The molecule has 1 heterocycles. The summed E-state index contributed by atoms with van der Waals surface area (Å²) in [6, 6.07) is 0.899. The van der Waals surface area contributed by atoms with E-state index in [9.17, 15) is 27.3 Å². The van der Waals surface area contributed by atoms with E-state index in [0.29, 0.717) is 12.1 Å². The molecule has 1 aromatic heterocycles. The summed E-state index contributed by atoms with van der Waals surface area (Å²) in [4.78, 5) is 9.93. The Morgan fingerprint density at radius 1 is 1.29 bits per heavy atom. The summed E-state index contributed by atoms with van der Waals surface area (Å²) >= 11 is 0. The highest BCUT2D eigenvalue weighted by Crippen LogP contribution is 2.31. The van der Waals surface area contributed by atoms with Gasteiger partial charge in [-0.15, -0.1) is 10.2 Å². The van der Waals surface area contributed by atoms with Crippen molar-refractivity contribution in [2.24, 2.45) is 7.05 Å². The average molecular weight is 339 g/mol. The van der Waals surface area contributed by atoms with Crippen molar-refractivity contribution >= 4 is 25.4 Å². The Balaban J connectivity index is 2.76. The van der Waals surface area contributed by atoms with Crippen molar-refractivity contribution in [3.8, 4) is 11.4 Å². The van der Waals surface area contributed by atoms with Gasteiger partial charge in [-0.05, 0) is 6.07 Å². The Kier molecular flexibility index (Phi) is 3.63. The average Bonchev–Trinajstić information content (AvgIpc) is 2.73. The maximum Gasteiger partial charge on any atom is 0.296 e. The van der Waals surface area contributed by atoms with Crippen LogP contribution >= 0.6 is 10.7 Å². The Labute approximate surface area is 120 Å². The molecule has 0 saturated carbocycles. The maximum atomic E-state index is 13.3. The van der Waals surface area contributed by atoms with Crippen LogP contribution in [0, 0.1) is 21.7 Å². The van der Waals surface area contributed by atoms with E-state index in [-0.39, 0.29) is 5.82 Å². The highest BCUT2D eigenvalue weighted by molar-refractivity contribution is 8.13. The molecule has 0 spiro atoms. The second-order valence-electron chi connectivity index (χ2n) is 3.84. The first-order chi connectivity index (χ1) is 9.62. The minimum atomic E-state index is -4.25. The van der Waals surface area contributed by atoms with Crippen molar-refractivity contribution in [3.05, 3.63) is 33.9 Å². The van der Waals surface area contributed by atoms with Crippen LogP contribution in [-0.4, -0.2) is 28.1 Å². The third kappa shape index (κ3) is 2.69. The van der Waals surface area contributed by atoms with E-state index < -0.39 is 42.0 Å². The van der Waals surface area contributed by atoms with Crippen molar-refractivity contribution in [2.75, 3.05) is 0 Å². The number of hydrogen-bond acceptors (Lipinski definition) is 6. The zero-order valence-corrected chi connectivity index (χ0v) is 11.7. The van der Waals surface area contributed by atoms with Crippen molar-refractivity contribution in [1.29, 1.82) is 0 Å². The lowest BCUT2D eigenvalue weighted by Gasteiger charge is -2.04. The highest BCUT2D eigenvalue weighted by atomic mass is 35.7. The number of halogens is 3. The van der Waals surface area contributed by atoms with Gasteiger partial charge in [0, 0.05) is 17.7 Å². The zero-order valence-electron chi connectivity index (χ0n) is 10.1. The van der Waals surface area contributed by atoms with Gasteiger partial charge in [0.05, 0.1) is 11.0 Å². The number of aromatic nitrogens is 3. The largest absolute Gasteiger partial charge is 0.300 e. The molecular formula is C9H5ClF2N4O4S. The molecular weight excluding hydrogens is 334 g/mol. The molecule has 2 rings (SSSR count). The van der Waals surface area contributed by atoms with Gasteiger partial charge >= 0.3 is 0 Å². The third-order valence-corrected chi connectivity index (χ3v) is 3.73. The Hall–Kier alpha value is -2.14. The van der Waals surface area contributed by atoms with Gasteiger partial charge in [0.1, 0.15) is 5.56 Å². The van der Waals surface area contributed by atoms with Crippen LogP contribution < -0.4 is 0 Å². The smallest absolute Gasteiger partial charge is 0.296 e. The molecule has 112 valence electrons. The van der Waals surface area contributed by atoms with Gasteiger partial charge in [0.2, 0.25) is 0 Å². The lowest BCUT2D eigenvalue weighted by molar-refractivity contribution is -0.384. The van der Waals surface area contributed by atoms with Crippen LogP contribution in [0.3, 0.4) is 0 Å². The first kappa shape index (κ1) is 15.3. The van der Waals surface area contributed by atoms with Crippen molar-refractivity contribution in [2.45, 2.75) is 5.16 Å². The van der Waals surface area contributed by atoms with Crippen LogP contribution in [-0.2, 0) is 16.1 Å². The van der Waals surface area contributed by atoms with E-state index in [1.165, 1.54) is 0 Å². The number of hydrogen-bond donors (Lipinski definition) is 0.